The predicted octanol–water partition coefficient (Wildman–Crippen LogP) is 3.51. The topological polar surface area (TPSA) is 67.2 Å². The molecule has 2 aromatic heterocycles. The molecule has 2 heterocycles. The zero-order valence-corrected chi connectivity index (χ0v) is 15.7. The van der Waals surface area contributed by atoms with Crippen molar-refractivity contribution in [1.29, 1.82) is 0 Å². The molecule has 0 saturated heterocycles. The highest BCUT2D eigenvalue weighted by molar-refractivity contribution is 7.18. The summed E-state index contributed by atoms with van der Waals surface area (Å²) in [4.78, 5) is 20.4. The molecule has 1 aromatic carbocycles. The molecule has 1 aliphatic rings. The second kappa shape index (κ2) is 7.21. The molecule has 0 fully saturated rings. The first-order valence-corrected chi connectivity index (χ1v) is 10.0. The van der Waals surface area contributed by atoms with Crippen LogP contribution in [-0.4, -0.2) is 27.3 Å². The van der Waals surface area contributed by atoms with Gasteiger partial charge in [-0.2, -0.15) is 0 Å². The van der Waals surface area contributed by atoms with Gasteiger partial charge >= 0.3 is 0 Å². The van der Waals surface area contributed by atoms with Gasteiger partial charge in [-0.15, -0.1) is 11.3 Å². The van der Waals surface area contributed by atoms with E-state index in [-0.39, 0.29) is 5.56 Å². The maximum absolute atomic E-state index is 13.5. The first kappa shape index (κ1) is 17.2. The number of aromatic nitrogens is 2. The lowest BCUT2D eigenvalue weighted by Crippen LogP contribution is -2.26. The van der Waals surface area contributed by atoms with Crippen LogP contribution < -0.4 is 10.9 Å². The molecule has 0 spiro atoms. The van der Waals surface area contributed by atoms with Crippen LogP contribution in [0.25, 0.3) is 15.9 Å². The van der Waals surface area contributed by atoms with Crippen molar-refractivity contribution in [2.75, 3.05) is 11.9 Å². The van der Waals surface area contributed by atoms with E-state index >= 15 is 0 Å². The fourth-order valence-electron chi connectivity index (χ4n) is 3.56. The first-order valence-electron chi connectivity index (χ1n) is 9.20. The number of aryl methyl sites for hydroxylation is 2. The Labute approximate surface area is 156 Å². The smallest absolute Gasteiger partial charge is 0.268 e. The molecule has 136 valence electrons. The number of para-hydroxylation sites is 1. The summed E-state index contributed by atoms with van der Waals surface area (Å²) in [5, 5.41) is 13.6. The maximum Gasteiger partial charge on any atom is 0.268 e. The summed E-state index contributed by atoms with van der Waals surface area (Å²) in [7, 11) is 0. The fraction of sp³-hybridized carbons (Fsp3) is 0.400. The SMILES string of the molecule is C[C@@H](O)CNc1nc2sc3c(c2c(=O)n1-c1ccccc1)CCCCC3. The van der Waals surface area contributed by atoms with Gasteiger partial charge in [-0.3, -0.25) is 4.79 Å². The number of benzene rings is 1. The summed E-state index contributed by atoms with van der Waals surface area (Å²) < 4.78 is 1.64. The zero-order chi connectivity index (χ0) is 18.1. The monoisotopic (exact) mass is 369 g/mol. The molecule has 5 nitrogen and oxygen atoms in total. The average Bonchev–Trinajstić information content (AvgIpc) is 2.82. The molecule has 0 aliphatic heterocycles. The molecule has 3 aromatic rings. The summed E-state index contributed by atoms with van der Waals surface area (Å²) in [5.74, 6) is 0.492. The Bertz CT molecular complexity index is 976. The van der Waals surface area contributed by atoms with Crippen LogP contribution in [0.4, 0.5) is 5.95 Å². The average molecular weight is 369 g/mol. The third kappa shape index (κ3) is 3.15. The van der Waals surface area contributed by atoms with Gasteiger partial charge in [0.25, 0.3) is 5.56 Å². The van der Waals surface area contributed by atoms with Gasteiger partial charge in [0.1, 0.15) is 4.83 Å². The highest BCUT2D eigenvalue weighted by atomic mass is 32.1. The van der Waals surface area contributed by atoms with Crippen molar-refractivity contribution in [2.24, 2.45) is 0 Å². The van der Waals surface area contributed by atoms with E-state index in [1.54, 1.807) is 22.8 Å². The minimum absolute atomic E-state index is 0.0197. The van der Waals surface area contributed by atoms with Crippen molar-refractivity contribution in [2.45, 2.75) is 45.1 Å². The van der Waals surface area contributed by atoms with Crippen LogP contribution in [0.5, 0.6) is 0 Å². The zero-order valence-electron chi connectivity index (χ0n) is 14.9. The van der Waals surface area contributed by atoms with Crippen LogP contribution in [-0.2, 0) is 12.8 Å². The Morgan fingerprint density at radius 3 is 2.77 bits per heavy atom. The second-order valence-electron chi connectivity index (χ2n) is 6.89. The van der Waals surface area contributed by atoms with E-state index in [4.69, 9.17) is 4.98 Å². The quantitative estimate of drug-likeness (QED) is 0.691. The van der Waals surface area contributed by atoms with Gasteiger partial charge < -0.3 is 10.4 Å². The number of aliphatic hydroxyl groups is 1. The minimum atomic E-state index is -0.521. The molecule has 0 radical (unpaired) electrons. The molecule has 1 aliphatic carbocycles. The van der Waals surface area contributed by atoms with Gasteiger partial charge in [-0.05, 0) is 50.3 Å². The molecule has 1 atom stereocenters. The van der Waals surface area contributed by atoms with Gasteiger partial charge in [-0.25, -0.2) is 9.55 Å². The summed E-state index contributed by atoms with van der Waals surface area (Å²) in [6.45, 7) is 2.06. The number of rotatable bonds is 4. The lowest BCUT2D eigenvalue weighted by Gasteiger charge is -2.15. The fourth-order valence-corrected chi connectivity index (χ4v) is 4.81. The molecule has 0 saturated carbocycles. The largest absolute Gasteiger partial charge is 0.392 e. The standard InChI is InChI=1S/C20H23N3O2S/c1-13(24)12-21-20-22-18-17(15-10-6-3-7-11-16(15)26-18)19(25)23(20)14-8-4-2-5-9-14/h2,4-5,8-9,13,24H,3,6-7,10-12H2,1H3,(H,21,22)/t13-/m1/s1. The maximum atomic E-state index is 13.5. The third-order valence-corrected chi connectivity index (χ3v) is 5.99. The number of nitrogens with one attached hydrogen (secondary N) is 1. The number of aliphatic hydroxyl groups excluding tert-OH is 1. The van der Waals surface area contributed by atoms with Crippen molar-refractivity contribution in [1.82, 2.24) is 9.55 Å². The van der Waals surface area contributed by atoms with Gasteiger partial charge in [0, 0.05) is 11.4 Å². The Hall–Kier alpha value is -2.18. The van der Waals surface area contributed by atoms with Gasteiger partial charge in [0.2, 0.25) is 5.95 Å². The minimum Gasteiger partial charge on any atom is -0.392 e. The highest BCUT2D eigenvalue weighted by Crippen LogP contribution is 2.34. The van der Waals surface area contributed by atoms with Crippen molar-refractivity contribution < 1.29 is 5.11 Å². The molecule has 2 N–H and O–H groups in total. The van der Waals surface area contributed by atoms with E-state index in [0.29, 0.717) is 12.5 Å². The van der Waals surface area contributed by atoms with Crippen LogP contribution in [0.1, 0.15) is 36.6 Å². The number of fused-ring (bicyclic) bond motifs is 3. The summed E-state index contributed by atoms with van der Waals surface area (Å²) in [6.07, 6.45) is 5.01. The van der Waals surface area contributed by atoms with E-state index in [1.807, 2.05) is 30.3 Å². The molecule has 4 rings (SSSR count). The molecule has 0 unspecified atom stereocenters. The highest BCUT2D eigenvalue weighted by Gasteiger charge is 2.22. The second-order valence-corrected chi connectivity index (χ2v) is 7.97. The molecule has 0 amide bonds. The molecular formula is C20H23N3O2S. The summed E-state index contributed by atoms with van der Waals surface area (Å²) in [6, 6.07) is 9.58. The molecule has 0 bridgehead atoms. The predicted molar refractivity (Wildman–Crippen MR) is 107 cm³/mol. The summed E-state index contributed by atoms with van der Waals surface area (Å²) >= 11 is 1.65. The van der Waals surface area contributed by atoms with E-state index < -0.39 is 6.10 Å². The van der Waals surface area contributed by atoms with Crippen LogP contribution in [0.15, 0.2) is 35.1 Å². The third-order valence-electron chi connectivity index (χ3n) is 4.81. The molecule has 26 heavy (non-hydrogen) atoms. The number of hydrogen-bond acceptors (Lipinski definition) is 5. The van der Waals surface area contributed by atoms with E-state index in [9.17, 15) is 9.90 Å². The van der Waals surface area contributed by atoms with E-state index in [2.05, 4.69) is 5.32 Å². The van der Waals surface area contributed by atoms with Crippen molar-refractivity contribution in [3.8, 4) is 5.69 Å². The Morgan fingerprint density at radius 2 is 2.00 bits per heavy atom. The van der Waals surface area contributed by atoms with Crippen LogP contribution in [0.2, 0.25) is 0 Å². The van der Waals surface area contributed by atoms with Gasteiger partial charge in [0.05, 0.1) is 17.2 Å². The van der Waals surface area contributed by atoms with Crippen LogP contribution in [0, 0.1) is 0 Å². The number of thiophene rings is 1. The first-order chi connectivity index (χ1) is 12.6. The van der Waals surface area contributed by atoms with Crippen LogP contribution in [0.3, 0.4) is 0 Å². The van der Waals surface area contributed by atoms with E-state index in [1.165, 1.54) is 23.3 Å². The van der Waals surface area contributed by atoms with Gasteiger partial charge in [0.15, 0.2) is 0 Å². The van der Waals surface area contributed by atoms with E-state index in [0.717, 1.165) is 35.2 Å². The van der Waals surface area contributed by atoms with Gasteiger partial charge in [-0.1, -0.05) is 24.6 Å². The normalized spacial score (nSPS) is 15.5. The van der Waals surface area contributed by atoms with Crippen molar-refractivity contribution >= 4 is 27.5 Å². The van der Waals surface area contributed by atoms with Crippen molar-refractivity contribution in [3.05, 3.63) is 51.1 Å². The Morgan fingerprint density at radius 1 is 1.23 bits per heavy atom. The Kier molecular flexibility index (Phi) is 4.78. The lowest BCUT2D eigenvalue weighted by molar-refractivity contribution is 0.208. The van der Waals surface area contributed by atoms with Crippen molar-refractivity contribution in [3.63, 3.8) is 0 Å². The van der Waals surface area contributed by atoms with Crippen LogP contribution >= 0.6 is 11.3 Å². The lowest BCUT2D eigenvalue weighted by atomic mass is 10.1. The number of hydrogen-bond donors (Lipinski definition) is 2. The summed E-state index contributed by atoms with van der Waals surface area (Å²) in [5.41, 5.74) is 1.97. The Balaban J connectivity index is 1.95. The molecular weight excluding hydrogens is 346 g/mol. The number of anilines is 1. The number of nitrogens with zero attached hydrogens (tertiary/aromatic N) is 2. The molecule has 6 heteroatoms.